The third-order valence-electron chi connectivity index (χ3n) is 7.54. The molecule has 0 spiro atoms. The predicted octanol–water partition coefficient (Wildman–Crippen LogP) is 8.02. The van der Waals surface area contributed by atoms with Crippen molar-refractivity contribution in [1.29, 1.82) is 0 Å². The van der Waals surface area contributed by atoms with Gasteiger partial charge in [0.25, 0.3) is 0 Å². The van der Waals surface area contributed by atoms with Crippen molar-refractivity contribution in [2.24, 2.45) is 5.92 Å². The van der Waals surface area contributed by atoms with Gasteiger partial charge in [-0.1, -0.05) is 48.6 Å². The fourth-order valence-electron chi connectivity index (χ4n) is 5.61. The third-order valence-corrected chi connectivity index (χ3v) is 7.54. The monoisotopic (exact) mass is 490 g/mol. The van der Waals surface area contributed by atoms with Gasteiger partial charge in [-0.2, -0.15) is 0 Å². The minimum absolute atomic E-state index is 0.0427. The van der Waals surface area contributed by atoms with E-state index >= 15 is 13.2 Å². The van der Waals surface area contributed by atoms with E-state index in [1.807, 2.05) is 18.2 Å². The second kappa shape index (κ2) is 9.88. The largest absolute Gasteiger partial charge is 0.508 e. The van der Waals surface area contributed by atoms with Crippen molar-refractivity contribution in [2.75, 3.05) is 6.61 Å². The highest BCUT2D eigenvalue weighted by molar-refractivity contribution is 5.67. The molecule has 0 heterocycles. The van der Waals surface area contributed by atoms with Gasteiger partial charge in [-0.25, -0.2) is 13.2 Å². The first-order valence-corrected chi connectivity index (χ1v) is 12.5. The van der Waals surface area contributed by atoms with Crippen LogP contribution in [-0.4, -0.2) is 11.7 Å². The number of benzene rings is 3. The van der Waals surface area contributed by atoms with E-state index in [0.717, 1.165) is 24.8 Å². The first-order chi connectivity index (χ1) is 17.4. The molecule has 2 nitrogen and oxygen atoms in total. The van der Waals surface area contributed by atoms with Gasteiger partial charge in [0.1, 0.15) is 5.75 Å². The highest BCUT2D eigenvalue weighted by Crippen LogP contribution is 2.50. The summed E-state index contributed by atoms with van der Waals surface area (Å²) in [7, 11) is 0. The second-order valence-electron chi connectivity index (χ2n) is 9.69. The molecule has 186 valence electrons. The van der Waals surface area contributed by atoms with Crippen LogP contribution in [0.1, 0.15) is 48.8 Å². The van der Waals surface area contributed by atoms with Gasteiger partial charge in [-0.3, -0.25) is 0 Å². The molecule has 0 saturated heterocycles. The van der Waals surface area contributed by atoms with Crippen molar-refractivity contribution >= 4 is 0 Å². The molecule has 0 aromatic heterocycles. The van der Waals surface area contributed by atoms with E-state index in [1.54, 1.807) is 24.3 Å². The maximum absolute atomic E-state index is 16.2. The predicted molar refractivity (Wildman–Crippen MR) is 136 cm³/mol. The van der Waals surface area contributed by atoms with Crippen molar-refractivity contribution in [3.05, 3.63) is 107 Å². The van der Waals surface area contributed by atoms with Gasteiger partial charge in [0.15, 0.2) is 23.2 Å². The maximum Gasteiger partial charge on any atom is 0.169 e. The Morgan fingerprint density at radius 2 is 1.78 bits per heavy atom. The zero-order valence-corrected chi connectivity index (χ0v) is 20.1. The summed E-state index contributed by atoms with van der Waals surface area (Å²) in [5, 5.41) is 9.56. The third kappa shape index (κ3) is 4.21. The van der Waals surface area contributed by atoms with E-state index < -0.39 is 22.9 Å². The van der Waals surface area contributed by atoms with Crippen LogP contribution < -0.4 is 4.74 Å². The Morgan fingerprint density at radius 1 is 0.972 bits per heavy atom. The molecule has 0 amide bonds. The van der Waals surface area contributed by atoms with Gasteiger partial charge in [0, 0.05) is 22.1 Å². The normalized spacial score (nSPS) is 20.5. The summed E-state index contributed by atoms with van der Waals surface area (Å²) >= 11 is 0. The van der Waals surface area contributed by atoms with Crippen molar-refractivity contribution in [1.82, 2.24) is 0 Å². The first kappa shape index (κ1) is 24.2. The molecule has 6 rings (SSSR count). The van der Waals surface area contributed by atoms with E-state index in [1.165, 1.54) is 24.3 Å². The lowest BCUT2D eigenvalue weighted by molar-refractivity contribution is 0.291. The Kier molecular flexibility index (Phi) is 6.65. The van der Waals surface area contributed by atoms with Gasteiger partial charge in [0.05, 0.1) is 6.61 Å². The minimum atomic E-state index is -1.13. The Morgan fingerprint density at radius 3 is 2.50 bits per heavy atom. The lowest BCUT2D eigenvalue weighted by Gasteiger charge is -2.41. The summed E-state index contributed by atoms with van der Waals surface area (Å²) in [5.41, 5.74) is 0.734. The molecule has 5 heteroatoms. The molecule has 0 aliphatic heterocycles. The zero-order valence-electron chi connectivity index (χ0n) is 20.1. The Labute approximate surface area is 209 Å². The standard InChI is InChI=1S/C31H29F3O2/c1-2-3-4-19-36-26-14-9-22-6-5-20-15-17-31(18-16-20,27(22)30(26)34)25-13-12-24(28(32)29(25)33)21-7-10-23(35)11-8-21/h2,7-15,17,20,35H,1,3-6,16,18-19H2/t20?,31-/m1/s1. The van der Waals surface area contributed by atoms with Crippen LogP contribution in [0.5, 0.6) is 11.5 Å². The number of ether oxygens (including phenoxy) is 1. The Hall–Kier alpha value is -3.47. The van der Waals surface area contributed by atoms with Crippen LogP contribution in [0, 0.1) is 23.4 Å². The van der Waals surface area contributed by atoms with Gasteiger partial charge in [0.2, 0.25) is 0 Å². The highest BCUT2D eigenvalue weighted by Gasteiger charge is 2.43. The summed E-state index contributed by atoms with van der Waals surface area (Å²) in [6.45, 7) is 4.04. The SMILES string of the molecule is C=CCCCOc1ccc2c(c1F)[C@]1(c3ccc(-c4ccc(O)cc4)c(F)c3F)C=CC(CC2)CC1. The molecule has 3 aliphatic carbocycles. The fraction of sp³-hybridized carbons (Fsp3) is 0.290. The summed E-state index contributed by atoms with van der Waals surface area (Å²) < 4.78 is 53.3. The van der Waals surface area contributed by atoms with Crippen molar-refractivity contribution < 1.29 is 23.0 Å². The van der Waals surface area contributed by atoms with Gasteiger partial charge in [-0.05, 0) is 73.8 Å². The molecular weight excluding hydrogens is 461 g/mol. The average molecular weight is 491 g/mol. The minimum Gasteiger partial charge on any atom is -0.508 e. The van der Waals surface area contributed by atoms with Crippen LogP contribution in [0.15, 0.2) is 73.3 Å². The number of hydrogen-bond acceptors (Lipinski definition) is 2. The molecular formula is C31H29F3O2. The fourth-order valence-corrected chi connectivity index (χ4v) is 5.61. The van der Waals surface area contributed by atoms with Crippen LogP contribution in [0.4, 0.5) is 13.2 Å². The number of phenolic OH excluding ortho intramolecular Hbond substituents is 1. The van der Waals surface area contributed by atoms with Crippen molar-refractivity contribution in [2.45, 2.75) is 43.9 Å². The van der Waals surface area contributed by atoms with Gasteiger partial charge >= 0.3 is 0 Å². The number of halogens is 3. The van der Waals surface area contributed by atoms with Crippen LogP contribution >= 0.6 is 0 Å². The lowest BCUT2D eigenvalue weighted by Crippen LogP contribution is -2.35. The number of aryl methyl sites for hydroxylation is 1. The number of phenols is 1. The summed E-state index contributed by atoms with van der Waals surface area (Å²) in [4.78, 5) is 0. The van der Waals surface area contributed by atoms with E-state index in [4.69, 9.17) is 4.74 Å². The van der Waals surface area contributed by atoms with Crippen LogP contribution in [-0.2, 0) is 11.8 Å². The second-order valence-corrected chi connectivity index (χ2v) is 9.69. The number of unbranched alkanes of at least 4 members (excludes halogenated alkanes) is 1. The number of fused-ring (bicyclic) bond motifs is 2. The van der Waals surface area contributed by atoms with Gasteiger partial charge in [-0.15, -0.1) is 6.58 Å². The molecule has 3 aliphatic rings. The molecule has 0 saturated carbocycles. The van der Waals surface area contributed by atoms with Crippen molar-refractivity contribution in [3.63, 3.8) is 0 Å². The number of aromatic hydroxyl groups is 1. The van der Waals surface area contributed by atoms with E-state index in [-0.39, 0.29) is 22.6 Å². The molecule has 0 radical (unpaired) electrons. The van der Waals surface area contributed by atoms with Gasteiger partial charge < -0.3 is 9.84 Å². The number of allylic oxidation sites excluding steroid dienone is 3. The summed E-state index contributed by atoms with van der Waals surface area (Å²) in [5.74, 6) is -1.96. The zero-order chi connectivity index (χ0) is 25.3. The Balaban J connectivity index is 1.64. The molecule has 1 N–H and O–H groups in total. The quantitative estimate of drug-likeness (QED) is 0.268. The lowest BCUT2D eigenvalue weighted by atomic mass is 9.62. The molecule has 3 aromatic rings. The van der Waals surface area contributed by atoms with Crippen molar-refractivity contribution in [3.8, 4) is 22.6 Å². The smallest absolute Gasteiger partial charge is 0.169 e. The van der Waals surface area contributed by atoms with E-state index in [2.05, 4.69) is 6.58 Å². The van der Waals surface area contributed by atoms with E-state index in [0.29, 0.717) is 42.9 Å². The first-order valence-electron chi connectivity index (χ1n) is 12.5. The van der Waals surface area contributed by atoms with Crippen LogP contribution in [0.2, 0.25) is 0 Å². The average Bonchev–Trinajstić information content (AvgIpc) is 2.87. The molecule has 2 atom stereocenters. The molecule has 2 bridgehead atoms. The number of hydrogen-bond donors (Lipinski definition) is 1. The van der Waals surface area contributed by atoms with Crippen LogP contribution in [0.3, 0.4) is 0 Å². The van der Waals surface area contributed by atoms with Crippen LogP contribution in [0.25, 0.3) is 11.1 Å². The summed E-state index contributed by atoms with van der Waals surface area (Å²) in [6, 6.07) is 12.6. The molecule has 3 aromatic carbocycles. The molecule has 36 heavy (non-hydrogen) atoms. The topological polar surface area (TPSA) is 29.5 Å². The Bertz CT molecular complexity index is 1310. The molecule has 1 unspecified atom stereocenters. The summed E-state index contributed by atoms with van der Waals surface area (Å²) in [6.07, 6.45) is 9.97. The van der Waals surface area contributed by atoms with E-state index in [9.17, 15) is 5.11 Å². The number of rotatable bonds is 7. The maximum atomic E-state index is 16.2. The highest BCUT2D eigenvalue weighted by atomic mass is 19.2. The molecule has 0 fully saturated rings.